The highest BCUT2D eigenvalue weighted by Gasteiger charge is 2.35. The molecule has 29 heavy (non-hydrogen) atoms. The van der Waals surface area contributed by atoms with Crippen molar-refractivity contribution in [3.63, 3.8) is 0 Å². The Kier molecular flexibility index (Phi) is 5.43. The van der Waals surface area contributed by atoms with Crippen LogP contribution in [-0.4, -0.2) is 51.7 Å². The SMILES string of the molecule is COc1ccc([C@@H](O)C[C@H]2c3c(cc4c(c3OC)OCO4)CCN2C)cc1OC. The van der Waals surface area contributed by atoms with E-state index in [0.29, 0.717) is 29.4 Å². The van der Waals surface area contributed by atoms with Gasteiger partial charge < -0.3 is 28.8 Å². The fourth-order valence-electron chi connectivity index (χ4n) is 4.23. The van der Waals surface area contributed by atoms with E-state index in [1.165, 1.54) is 5.56 Å². The molecule has 0 amide bonds. The first-order valence-electron chi connectivity index (χ1n) is 9.67. The monoisotopic (exact) mass is 401 g/mol. The Hall–Kier alpha value is -2.64. The summed E-state index contributed by atoms with van der Waals surface area (Å²) < 4.78 is 27.7. The normalized spacial score (nSPS) is 18.9. The fraction of sp³-hybridized carbons (Fsp3) is 0.455. The number of fused-ring (bicyclic) bond motifs is 2. The highest BCUT2D eigenvalue weighted by atomic mass is 16.7. The van der Waals surface area contributed by atoms with Crippen molar-refractivity contribution in [3.8, 4) is 28.7 Å². The van der Waals surface area contributed by atoms with Gasteiger partial charge in [-0.2, -0.15) is 0 Å². The van der Waals surface area contributed by atoms with Crippen molar-refractivity contribution >= 4 is 0 Å². The zero-order valence-corrected chi connectivity index (χ0v) is 17.2. The van der Waals surface area contributed by atoms with Crippen molar-refractivity contribution in [3.05, 3.63) is 41.0 Å². The van der Waals surface area contributed by atoms with E-state index in [0.717, 1.165) is 29.8 Å². The molecule has 0 spiro atoms. The van der Waals surface area contributed by atoms with Gasteiger partial charge >= 0.3 is 0 Å². The predicted octanol–water partition coefficient (Wildman–Crippen LogP) is 3.09. The van der Waals surface area contributed by atoms with Gasteiger partial charge in [-0.25, -0.2) is 0 Å². The topological polar surface area (TPSA) is 69.6 Å². The minimum absolute atomic E-state index is 0.0219. The van der Waals surface area contributed by atoms with Crippen LogP contribution >= 0.6 is 0 Å². The number of ether oxygens (including phenoxy) is 5. The van der Waals surface area contributed by atoms with Gasteiger partial charge in [-0.05, 0) is 49.2 Å². The molecule has 2 atom stereocenters. The highest BCUT2D eigenvalue weighted by molar-refractivity contribution is 5.61. The molecule has 0 saturated carbocycles. The van der Waals surface area contributed by atoms with Gasteiger partial charge in [0.1, 0.15) is 0 Å². The second-order valence-corrected chi connectivity index (χ2v) is 7.33. The average Bonchev–Trinajstić information content (AvgIpc) is 3.21. The summed E-state index contributed by atoms with van der Waals surface area (Å²) in [6.45, 7) is 1.09. The maximum atomic E-state index is 11.0. The number of likely N-dealkylation sites (N-methyl/N-ethyl adjacent to an activating group) is 1. The number of nitrogens with zero attached hydrogens (tertiary/aromatic N) is 1. The molecule has 4 rings (SSSR count). The molecule has 1 N–H and O–H groups in total. The third-order valence-electron chi connectivity index (χ3n) is 5.79. The van der Waals surface area contributed by atoms with Crippen LogP contribution in [0.5, 0.6) is 28.7 Å². The van der Waals surface area contributed by atoms with Crippen molar-refractivity contribution in [1.82, 2.24) is 4.90 Å². The molecule has 2 aliphatic heterocycles. The molecular formula is C22H27NO6. The maximum absolute atomic E-state index is 11.0. The zero-order chi connectivity index (χ0) is 20.5. The van der Waals surface area contributed by atoms with Gasteiger partial charge in [0.05, 0.1) is 27.4 Å². The molecule has 0 unspecified atom stereocenters. The van der Waals surface area contributed by atoms with Gasteiger partial charge in [-0.15, -0.1) is 0 Å². The van der Waals surface area contributed by atoms with Crippen LogP contribution in [0.15, 0.2) is 24.3 Å². The zero-order valence-electron chi connectivity index (χ0n) is 17.2. The molecule has 0 saturated heterocycles. The Morgan fingerprint density at radius 2 is 1.90 bits per heavy atom. The van der Waals surface area contributed by atoms with Crippen LogP contribution < -0.4 is 23.7 Å². The number of rotatable bonds is 6. The van der Waals surface area contributed by atoms with Crippen molar-refractivity contribution in [2.75, 3.05) is 41.7 Å². The molecule has 2 aromatic rings. The first-order valence-corrected chi connectivity index (χ1v) is 9.67. The third-order valence-corrected chi connectivity index (χ3v) is 5.79. The number of benzene rings is 2. The van der Waals surface area contributed by atoms with E-state index in [9.17, 15) is 5.11 Å². The van der Waals surface area contributed by atoms with Gasteiger partial charge in [0.2, 0.25) is 12.5 Å². The lowest BCUT2D eigenvalue weighted by molar-refractivity contribution is 0.107. The van der Waals surface area contributed by atoms with E-state index >= 15 is 0 Å². The summed E-state index contributed by atoms with van der Waals surface area (Å²) in [4.78, 5) is 2.25. The largest absolute Gasteiger partial charge is 0.493 e. The minimum atomic E-state index is -0.677. The Labute approximate surface area is 170 Å². The van der Waals surface area contributed by atoms with E-state index in [2.05, 4.69) is 11.9 Å². The van der Waals surface area contributed by atoms with Crippen LogP contribution in [0.1, 0.15) is 35.3 Å². The molecule has 0 bridgehead atoms. The molecule has 7 nitrogen and oxygen atoms in total. The Bertz CT molecular complexity index is 899. The predicted molar refractivity (Wildman–Crippen MR) is 107 cm³/mol. The highest BCUT2D eigenvalue weighted by Crippen LogP contribution is 2.51. The molecule has 2 aromatic carbocycles. The molecule has 156 valence electrons. The van der Waals surface area contributed by atoms with E-state index in [4.69, 9.17) is 23.7 Å². The lowest BCUT2D eigenvalue weighted by Gasteiger charge is -2.37. The third kappa shape index (κ3) is 3.45. The second kappa shape index (κ2) is 8.00. The van der Waals surface area contributed by atoms with Gasteiger partial charge in [0.15, 0.2) is 23.0 Å². The summed E-state index contributed by atoms with van der Waals surface area (Å²) >= 11 is 0. The summed E-state index contributed by atoms with van der Waals surface area (Å²) in [5.74, 6) is 3.31. The fourth-order valence-corrected chi connectivity index (χ4v) is 4.23. The summed E-state index contributed by atoms with van der Waals surface area (Å²) in [6, 6.07) is 7.53. The number of aliphatic hydroxyl groups excluding tert-OH is 1. The Morgan fingerprint density at radius 3 is 2.62 bits per heavy atom. The van der Waals surface area contributed by atoms with Crippen LogP contribution in [0.4, 0.5) is 0 Å². The van der Waals surface area contributed by atoms with Crippen molar-refractivity contribution in [1.29, 1.82) is 0 Å². The summed E-state index contributed by atoms with van der Waals surface area (Å²) in [5.41, 5.74) is 3.02. The summed E-state index contributed by atoms with van der Waals surface area (Å²) in [6.07, 6.45) is 0.722. The lowest BCUT2D eigenvalue weighted by Crippen LogP contribution is -2.33. The first-order chi connectivity index (χ1) is 14.1. The van der Waals surface area contributed by atoms with Gasteiger partial charge in [-0.3, -0.25) is 4.90 Å². The number of hydrogen-bond acceptors (Lipinski definition) is 7. The van der Waals surface area contributed by atoms with Crippen LogP contribution in [0.2, 0.25) is 0 Å². The van der Waals surface area contributed by atoms with E-state index in [1.54, 1.807) is 21.3 Å². The van der Waals surface area contributed by atoms with Crippen LogP contribution in [0.3, 0.4) is 0 Å². The number of methoxy groups -OCH3 is 3. The van der Waals surface area contributed by atoms with Gasteiger partial charge in [0.25, 0.3) is 0 Å². The average molecular weight is 401 g/mol. The van der Waals surface area contributed by atoms with E-state index in [-0.39, 0.29) is 12.8 Å². The molecule has 7 heteroatoms. The standard InChI is InChI=1S/C22H27NO6/c1-23-8-7-14-10-19-21(29-12-28-19)22(27-4)20(14)15(23)11-16(24)13-5-6-17(25-2)18(9-13)26-3/h5-6,9-10,15-16,24H,7-8,11-12H2,1-4H3/t15-,16-/m0/s1. The van der Waals surface area contributed by atoms with Crippen LogP contribution in [0.25, 0.3) is 0 Å². The quantitative estimate of drug-likeness (QED) is 0.798. The lowest BCUT2D eigenvalue weighted by atomic mass is 9.87. The van der Waals surface area contributed by atoms with Gasteiger partial charge in [-0.1, -0.05) is 6.07 Å². The molecule has 0 radical (unpaired) electrons. The molecule has 2 aliphatic rings. The Morgan fingerprint density at radius 1 is 1.10 bits per heavy atom. The number of aliphatic hydroxyl groups is 1. The molecule has 2 heterocycles. The summed E-state index contributed by atoms with van der Waals surface area (Å²) in [7, 11) is 6.90. The van der Waals surface area contributed by atoms with Crippen molar-refractivity contribution in [2.24, 2.45) is 0 Å². The maximum Gasteiger partial charge on any atom is 0.231 e. The van der Waals surface area contributed by atoms with E-state index in [1.807, 2.05) is 24.3 Å². The van der Waals surface area contributed by atoms with E-state index < -0.39 is 6.10 Å². The van der Waals surface area contributed by atoms with Gasteiger partial charge in [0, 0.05) is 18.2 Å². The number of hydrogen-bond donors (Lipinski definition) is 1. The van der Waals surface area contributed by atoms with Crippen LogP contribution in [0, 0.1) is 0 Å². The van der Waals surface area contributed by atoms with Crippen molar-refractivity contribution < 1.29 is 28.8 Å². The minimum Gasteiger partial charge on any atom is -0.493 e. The first kappa shape index (κ1) is 19.7. The Balaban J connectivity index is 1.68. The molecule has 0 aliphatic carbocycles. The summed E-state index contributed by atoms with van der Waals surface area (Å²) in [5, 5.41) is 11.0. The molecule has 0 fully saturated rings. The van der Waals surface area contributed by atoms with Crippen LogP contribution in [-0.2, 0) is 6.42 Å². The molecule has 0 aromatic heterocycles. The van der Waals surface area contributed by atoms with Crippen molar-refractivity contribution in [2.45, 2.75) is 25.0 Å². The second-order valence-electron chi connectivity index (χ2n) is 7.33. The smallest absolute Gasteiger partial charge is 0.231 e. The molecular weight excluding hydrogens is 374 g/mol.